The van der Waals surface area contributed by atoms with E-state index in [9.17, 15) is 0 Å². The Morgan fingerprint density at radius 1 is 0.800 bits per heavy atom. The minimum atomic E-state index is 0.716. The van der Waals surface area contributed by atoms with E-state index in [4.69, 9.17) is 9.97 Å². The fraction of sp³-hybridized carbons (Fsp3) is 0.0476. The van der Waals surface area contributed by atoms with Crippen molar-refractivity contribution >= 4 is 32.7 Å². The van der Waals surface area contributed by atoms with Crippen molar-refractivity contribution in [3.8, 4) is 11.4 Å². The number of aromatic nitrogens is 2. The van der Waals surface area contributed by atoms with Gasteiger partial charge in [-0.1, -0.05) is 76.6 Å². The van der Waals surface area contributed by atoms with Crippen LogP contribution in [0.1, 0.15) is 5.56 Å². The Kier molecular flexibility index (Phi) is 4.44. The van der Waals surface area contributed by atoms with Gasteiger partial charge >= 0.3 is 0 Å². The number of benzene rings is 3. The summed E-state index contributed by atoms with van der Waals surface area (Å²) in [5.41, 5.74) is 3.15. The Morgan fingerprint density at radius 3 is 2.28 bits per heavy atom. The van der Waals surface area contributed by atoms with Crippen molar-refractivity contribution in [1.82, 2.24) is 9.97 Å². The molecule has 0 spiro atoms. The lowest BCUT2D eigenvalue weighted by Gasteiger charge is -2.11. The quantitative estimate of drug-likeness (QED) is 0.488. The number of anilines is 1. The van der Waals surface area contributed by atoms with Gasteiger partial charge in [0.05, 0.1) is 5.52 Å². The standard InChI is InChI=1S/C21H16BrN3/c22-17-11-12-19-18(13-17)21(23-14-15-7-3-1-4-8-15)25-20(24-19)16-9-5-2-6-10-16/h1-13H,14H2,(H,23,24,25). The van der Waals surface area contributed by atoms with Crippen LogP contribution in [0, 0.1) is 0 Å². The van der Waals surface area contributed by atoms with E-state index in [-0.39, 0.29) is 0 Å². The number of nitrogens with one attached hydrogen (secondary N) is 1. The van der Waals surface area contributed by atoms with E-state index in [1.807, 2.05) is 60.7 Å². The van der Waals surface area contributed by atoms with E-state index in [0.717, 1.165) is 32.6 Å². The van der Waals surface area contributed by atoms with Gasteiger partial charge in [0, 0.05) is 22.0 Å². The first-order valence-corrected chi connectivity index (χ1v) is 8.89. The normalized spacial score (nSPS) is 10.8. The van der Waals surface area contributed by atoms with Crippen molar-refractivity contribution in [3.63, 3.8) is 0 Å². The highest BCUT2D eigenvalue weighted by atomic mass is 79.9. The highest BCUT2D eigenvalue weighted by Gasteiger charge is 2.10. The van der Waals surface area contributed by atoms with E-state index in [0.29, 0.717) is 6.54 Å². The summed E-state index contributed by atoms with van der Waals surface area (Å²) in [4.78, 5) is 9.51. The van der Waals surface area contributed by atoms with Gasteiger partial charge in [0.1, 0.15) is 5.82 Å². The summed E-state index contributed by atoms with van der Waals surface area (Å²) >= 11 is 3.54. The zero-order chi connectivity index (χ0) is 17.1. The van der Waals surface area contributed by atoms with Crippen LogP contribution in [-0.4, -0.2) is 9.97 Å². The molecule has 3 aromatic carbocycles. The van der Waals surface area contributed by atoms with Crippen LogP contribution in [-0.2, 0) is 6.54 Å². The van der Waals surface area contributed by atoms with Gasteiger partial charge in [-0.2, -0.15) is 0 Å². The molecule has 1 heterocycles. The average Bonchev–Trinajstić information content (AvgIpc) is 2.67. The first-order chi connectivity index (χ1) is 12.3. The minimum absolute atomic E-state index is 0.716. The van der Waals surface area contributed by atoms with Crippen molar-refractivity contribution < 1.29 is 0 Å². The molecule has 0 bridgehead atoms. The summed E-state index contributed by atoms with van der Waals surface area (Å²) in [7, 11) is 0. The maximum atomic E-state index is 4.78. The Hall–Kier alpha value is -2.72. The lowest BCUT2D eigenvalue weighted by Crippen LogP contribution is -2.04. The van der Waals surface area contributed by atoms with Gasteiger partial charge in [-0.25, -0.2) is 9.97 Å². The summed E-state index contributed by atoms with van der Waals surface area (Å²) in [5, 5.41) is 4.47. The van der Waals surface area contributed by atoms with Crippen LogP contribution >= 0.6 is 15.9 Å². The maximum absolute atomic E-state index is 4.78. The van der Waals surface area contributed by atoms with E-state index in [2.05, 4.69) is 39.4 Å². The molecule has 0 saturated carbocycles. The molecular weight excluding hydrogens is 374 g/mol. The van der Waals surface area contributed by atoms with Gasteiger partial charge in [0.15, 0.2) is 5.82 Å². The van der Waals surface area contributed by atoms with Crippen LogP contribution in [0.2, 0.25) is 0 Å². The molecule has 4 heteroatoms. The van der Waals surface area contributed by atoms with Crippen LogP contribution < -0.4 is 5.32 Å². The summed E-state index contributed by atoms with van der Waals surface area (Å²) in [6.07, 6.45) is 0. The lowest BCUT2D eigenvalue weighted by atomic mass is 10.1. The third kappa shape index (κ3) is 3.54. The summed E-state index contributed by atoms with van der Waals surface area (Å²) in [5.74, 6) is 1.57. The van der Waals surface area contributed by atoms with E-state index >= 15 is 0 Å². The number of halogens is 1. The maximum Gasteiger partial charge on any atom is 0.162 e. The topological polar surface area (TPSA) is 37.8 Å². The molecule has 0 atom stereocenters. The first kappa shape index (κ1) is 15.8. The first-order valence-electron chi connectivity index (χ1n) is 8.10. The molecule has 1 aromatic heterocycles. The van der Waals surface area contributed by atoms with Gasteiger partial charge in [-0.15, -0.1) is 0 Å². The largest absolute Gasteiger partial charge is 0.365 e. The van der Waals surface area contributed by atoms with Gasteiger partial charge in [0.25, 0.3) is 0 Å². The molecule has 0 saturated heterocycles. The fourth-order valence-corrected chi connectivity index (χ4v) is 3.09. The molecule has 4 aromatic rings. The van der Waals surface area contributed by atoms with E-state index < -0.39 is 0 Å². The monoisotopic (exact) mass is 389 g/mol. The van der Waals surface area contributed by atoms with Gasteiger partial charge in [-0.3, -0.25) is 0 Å². The van der Waals surface area contributed by atoms with Crippen LogP contribution in [0.3, 0.4) is 0 Å². The Morgan fingerprint density at radius 2 is 1.52 bits per heavy atom. The van der Waals surface area contributed by atoms with Crippen molar-refractivity contribution in [2.45, 2.75) is 6.54 Å². The molecule has 0 aliphatic carbocycles. The summed E-state index contributed by atoms with van der Waals surface area (Å²) < 4.78 is 1.01. The average molecular weight is 390 g/mol. The van der Waals surface area contributed by atoms with Crippen LogP contribution in [0.15, 0.2) is 83.3 Å². The fourth-order valence-electron chi connectivity index (χ4n) is 2.73. The predicted molar refractivity (Wildman–Crippen MR) is 106 cm³/mol. The summed E-state index contributed by atoms with van der Waals surface area (Å²) in [6, 6.07) is 26.4. The highest BCUT2D eigenvalue weighted by Crippen LogP contribution is 2.27. The number of nitrogens with zero attached hydrogens (tertiary/aromatic N) is 2. The van der Waals surface area contributed by atoms with Crippen molar-refractivity contribution in [3.05, 3.63) is 88.9 Å². The van der Waals surface area contributed by atoms with E-state index in [1.54, 1.807) is 0 Å². The molecule has 0 fully saturated rings. The second-order valence-corrected chi connectivity index (χ2v) is 6.68. The van der Waals surface area contributed by atoms with Gasteiger partial charge in [-0.05, 0) is 23.8 Å². The Bertz CT molecular complexity index is 1000. The molecule has 0 unspecified atom stereocenters. The zero-order valence-electron chi connectivity index (χ0n) is 13.5. The molecule has 0 aliphatic rings. The number of fused-ring (bicyclic) bond motifs is 1. The van der Waals surface area contributed by atoms with Crippen LogP contribution in [0.5, 0.6) is 0 Å². The Labute approximate surface area is 154 Å². The Balaban J connectivity index is 1.78. The summed E-state index contributed by atoms with van der Waals surface area (Å²) in [6.45, 7) is 0.716. The van der Waals surface area contributed by atoms with Crippen molar-refractivity contribution in [2.75, 3.05) is 5.32 Å². The van der Waals surface area contributed by atoms with Gasteiger partial charge in [0.2, 0.25) is 0 Å². The third-order valence-corrected chi connectivity index (χ3v) is 4.49. The van der Waals surface area contributed by atoms with Crippen LogP contribution in [0.4, 0.5) is 5.82 Å². The number of rotatable bonds is 4. The molecule has 4 rings (SSSR count). The number of hydrogen-bond donors (Lipinski definition) is 1. The smallest absolute Gasteiger partial charge is 0.162 e. The second-order valence-electron chi connectivity index (χ2n) is 5.76. The molecule has 1 N–H and O–H groups in total. The lowest BCUT2D eigenvalue weighted by molar-refractivity contribution is 1.11. The zero-order valence-corrected chi connectivity index (χ0v) is 15.1. The van der Waals surface area contributed by atoms with Crippen molar-refractivity contribution in [2.24, 2.45) is 0 Å². The second kappa shape index (κ2) is 7.03. The molecule has 3 nitrogen and oxygen atoms in total. The minimum Gasteiger partial charge on any atom is -0.365 e. The third-order valence-electron chi connectivity index (χ3n) is 3.99. The van der Waals surface area contributed by atoms with E-state index in [1.165, 1.54) is 5.56 Å². The molecule has 25 heavy (non-hydrogen) atoms. The molecular formula is C21H16BrN3. The molecule has 0 amide bonds. The SMILES string of the molecule is Brc1ccc2nc(-c3ccccc3)nc(NCc3ccccc3)c2c1. The molecule has 0 aliphatic heterocycles. The van der Waals surface area contributed by atoms with Gasteiger partial charge < -0.3 is 5.32 Å². The predicted octanol–water partition coefficient (Wildman–Crippen LogP) is 5.67. The molecule has 122 valence electrons. The molecule has 0 radical (unpaired) electrons. The van der Waals surface area contributed by atoms with Crippen LogP contribution in [0.25, 0.3) is 22.3 Å². The number of hydrogen-bond acceptors (Lipinski definition) is 3. The highest BCUT2D eigenvalue weighted by molar-refractivity contribution is 9.10. The van der Waals surface area contributed by atoms with Crippen molar-refractivity contribution in [1.29, 1.82) is 0 Å².